The summed E-state index contributed by atoms with van der Waals surface area (Å²) in [6, 6.07) is 18.5. The standard InChI is InChI=1S/C17H17NO/c1-18(16-10-11-16)17(19)15-9-5-8-14(12-15)13-6-3-2-4-7-13/h2-9,12,16H,10-11H2,1H3. The van der Waals surface area contributed by atoms with Crippen LogP contribution in [-0.2, 0) is 0 Å². The van der Waals surface area contributed by atoms with E-state index in [9.17, 15) is 4.79 Å². The largest absolute Gasteiger partial charge is 0.339 e. The molecule has 19 heavy (non-hydrogen) atoms. The minimum Gasteiger partial charge on any atom is -0.339 e. The van der Waals surface area contributed by atoms with E-state index in [1.807, 2.05) is 54.4 Å². The van der Waals surface area contributed by atoms with E-state index in [0.717, 1.165) is 29.5 Å². The maximum atomic E-state index is 12.3. The lowest BCUT2D eigenvalue weighted by Gasteiger charge is -2.16. The molecule has 0 spiro atoms. The molecule has 2 aromatic carbocycles. The van der Waals surface area contributed by atoms with Crippen LogP contribution in [-0.4, -0.2) is 23.9 Å². The number of amides is 1. The van der Waals surface area contributed by atoms with Gasteiger partial charge in [-0.05, 0) is 36.1 Å². The Morgan fingerprint density at radius 3 is 2.37 bits per heavy atom. The molecule has 1 aliphatic rings. The lowest BCUT2D eigenvalue weighted by atomic mass is 10.0. The molecule has 0 aromatic heterocycles. The molecule has 0 atom stereocenters. The van der Waals surface area contributed by atoms with Crippen molar-refractivity contribution in [2.75, 3.05) is 7.05 Å². The third-order valence-corrected chi connectivity index (χ3v) is 3.63. The van der Waals surface area contributed by atoms with E-state index in [-0.39, 0.29) is 5.91 Å². The van der Waals surface area contributed by atoms with Crippen LogP contribution in [0.25, 0.3) is 11.1 Å². The average molecular weight is 251 g/mol. The molecule has 0 heterocycles. The van der Waals surface area contributed by atoms with Crippen LogP contribution in [0.5, 0.6) is 0 Å². The Labute approximate surface area is 113 Å². The topological polar surface area (TPSA) is 20.3 Å². The van der Waals surface area contributed by atoms with Crippen molar-refractivity contribution in [1.82, 2.24) is 4.90 Å². The number of benzene rings is 2. The zero-order valence-corrected chi connectivity index (χ0v) is 11.0. The van der Waals surface area contributed by atoms with Gasteiger partial charge in [-0.25, -0.2) is 0 Å². The van der Waals surface area contributed by atoms with Gasteiger partial charge < -0.3 is 4.90 Å². The summed E-state index contributed by atoms with van der Waals surface area (Å²) in [4.78, 5) is 14.2. The van der Waals surface area contributed by atoms with Crippen LogP contribution in [0, 0.1) is 0 Å². The van der Waals surface area contributed by atoms with Crippen molar-refractivity contribution < 1.29 is 4.79 Å². The van der Waals surface area contributed by atoms with Gasteiger partial charge in [-0.1, -0.05) is 42.5 Å². The molecule has 1 fully saturated rings. The van der Waals surface area contributed by atoms with Crippen LogP contribution >= 0.6 is 0 Å². The predicted octanol–water partition coefficient (Wildman–Crippen LogP) is 3.59. The molecular formula is C17H17NO. The first-order valence-electron chi connectivity index (χ1n) is 6.68. The Morgan fingerprint density at radius 1 is 1.00 bits per heavy atom. The van der Waals surface area contributed by atoms with Crippen LogP contribution in [0.2, 0.25) is 0 Å². The summed E-state index contributed by atoms with van der Waals surface area (Å²) < 4.78 is 0. The molecule has 1 amide bonds. The highest BCUT2D eigenvalue weighted by Crippen LogP contribution is 2.27. The zero-order chi connectivity index (χ0) is 13.2. The Kier molecular flexibility index (Phi) is 3.08. The third-order valence-electron chi connectivity index (χ3n) is 3.63. The van der Waals surface area contributed by atoms with Crippen LogP contribution in [0.1, 0.15) is 23.2 Å². The van der Waals surface area contributed by atoms with E-state index < -0.39 is 0 Å². The second-order valence-electron chi connectivity index (χ2n) is 5.09. The number of hydrogen-bond donors (Lipinski definition) is 0. The minimum atomic E-state index is 0.125. The number of nitrogens with zero attached hydrogens (tertiary/aromatic N) is 1. The van der Waals surface area contributed by atoms with Crippen molar-refractivity contribution in [3.8, 4) is 11.1 Å². The summed E-state index contributed by atoms with van der Waals surface area (Å²) >= 11 is 0. The highest BCUT2D eigenvalue weighted by molar-refractivity contribution is 5.95. The van der Waals surface area contributed by atoms with Gasteiger partial charge in [0.25, 0.3) is 5.91 Å². The van der Waals surface area contributed by atoms with Crippen molar-refractivity contribution in [3.05, 3.63) is 60.2 Å². The Bertz CT molecular complexity index is 587. The SMILES string of the molecule is CN(C(=O)c1cccc(-c2ccccc2)c1)C1CC1. The van der Waals surface area contributed by atoms with Crippen LogP contribution < -0.4 is 0 Å². The Balaban J connectivity index is 1.89. The van der Waals surface area contributed by atoms with Crippen LogP contribution in [0.4, 0.5) is 0 Å². The molecule has 2 heteroatoms. The summed E-state index contributed by atoms with van der Waals surface area (Å²) in [5, 5.41) is 0. The van der Waals surface area contributed by atoms with Crippen molar-refractivity contribution in [1.29, 1.82) is 0 Å². The van der Waals surface area contributed by atoms with Crippen molar-refractivity contribution in [3.63, 3.8) is 0 Å². The Hall–Kier alpha value is -2.09. The number of carbonyl (C=O) groups excluding carboxylic acids is 1. The summed E-state index contributed by atoms with van der Waals surface area (Å²) in [7, 11) is 1.90. The first kappa shape index (κ1) is 12.0. The van der Waals surface area contributed by atoms with E-state index >= 15 is 0 Å². The normalized spacial score (nSPS) is 14.2. The van der Waals surface area contributed by atoms with Gasteiger partial charge in [0.1, 0.15) is 0 Å². The van der Waals surface area contributed by atoms with Gasteiger partial charge in [0.15, 0.2) is 0 Å². The van der Waals surface area contributed by atoms with Gasteiger partial charge in [0.2, 0.25) is 0 Å². The second-order valence-corrected chi connectivity index (χ2v) is 5.09. The second kappa shape index (κ2) is 4.88. The molecule has 1 aliphatic carbocycles. The molecule has 0 saturated heterocycles. The fourth-order valence-corrected chi connectivity index (χ4v) is 2.29. The van der Waals surface area contributed by atoms with Crippen LogP contribution in [0.3, 0.4) is 0 Å². The lowest BCUT2D eigenvalue weighted by Crippen LogP contribution is -2.28. The number of carbonyl (C=O) groups is 1. The predicted molar refractivity (Wildman–Crippen MR) is 77.0 cm³/mol. The van der Waals surface area contributed by atoms with Crippen molar-refractivity contribution in [2.24, 2.45) is 0 Å². The van der Waals surface area contributed by atoms with E-state index in [1.54, 1.807) is 0 Å². The van der Waals surface area contributed by atoms with Gasteiger partial charge in [-0.3, -0.25) is 4.79 Å². The molecule has 0 aliphatic heterocycles. The van der Waals surface area contributed by atoms with E-state index in [1.165, 1.54) is 0 Å². The van der Waals surface area contributed by atoms with Gasteiger partial charge in [0, 0.05) is 18.7 Å². The average Bonchev–Trinajstić information content (AvgIpc) is 3.31. The molecule has 1 saturated carbocycles. The van der Waals surface area contributed by atoms with Crippen molar-refractivity contribution >= 4 is 5.91 Å². The summed E-state index contributed by atoms with van der Waals surface area (Å²) in [5.41, 5.74) is 3.01. The molecule has 0 unspecified atom stereocenters. The fraction of sp³-hybridized carbons (Fsp3) is 0.235. The van der Waals surface area contributed by atoms with E-state index in [4.69, 9.17) is 0 Å². The molecule has 3 rings (SSSR count). The van der Waals surface area contributed by atoms with Gasteiger partial charge in [0.05, 0.1) is 0 Å². The third kappa shape index (κ3) is 2.53. The van der Waals surface area contributed by atoms with Crippen LogP contribution in [0.15, 0.2) is 54.6 Å². The summed E-state index contributed by atoms with van der Waals surface area (Å²) in [5.74, 6) is 0.125. The molecule has 0 radical (unpaired) electrons. The molecule has 96 valence electrons. The first-order chi connectivity index (χ1) is 9.25. The smallest absolute Gasteiger partial charge is 0.253 e. The molecule has 2 aromatic rings. The Morgan fingerprint density at radius 2 is 1.68 bits per heavy atom. The van der Waals surface area contributed by atoms with E-state index in [2.05, 4.69) is 12.1 Å². The molecular weight excluding hydrogens is 234 g/mol. The monoisotopic (exact) mass is 251 g/mol. The zero-order valence-electron chi connectivity index (χ0n) is 11.0. The first-order valence-corrected chi connectivity index (χ1v) is 6.68. The lowest BCUT2D eigenvalue weighted by molar-refractivity contribution is 0.0785. The highest BCUT2D eigenvalue weighted by atomic mass is 16.2. The summed E-state index contributed by atoms with van der Waals surface area (Å²) in [6.07, 6.45) is 2.28. The van der Waals surface area contributed by atoms with E-state index in [0.29, 0.717) is 6.04 Å². The fourth-order valence-electron chi connectivity index (χ4n) is 2.29. The highest BCUT2D eigenvalue weighted by Gasteiger charge is 2.30. The van der Waals surface area contributed by atoms with Crippen molar-refractivity contribution in [2.45, 2.75) is 18.9 Å². The van der Waals surface area contributed by atoms with Gasteiger partial charge in [-0.2, -0.15) is 0 Å². The molecule has 0 N–H and O–H groups in total. The maximum absolute atomic E-state index is 12.3. The number of hydrogen-bond acceptors (Lipinski definition) is 1. The minimum absolute atomic E-state index is 0.125. The number of rotatable bonds is 3. The van der Waals surface area contributed by atoms with Gasteiger partial charge in [-0.15, -0.1) is 0 Å². The summed E-state index contributed by atoms with van der Waals surface area (Å²) in [6.45, 7) is 0. The quantitative estimate of drug-likeness (QED) is 0.816. The molecule has 2 nitrogen and oxygen atoms in total. The maximum Gasteiger partial charge on any atom is 0.253 e. The molecule has 0 bridgehead atoms. The van der Waals surface area contributed by atoms with Gasteiger partial charge >= 0.3 is 0 Å².